The van der Waals surface area contributed by atoms with Crippen LogP contribution >= 0.6 is 25.3 Å². The molecule has 0 spiro atoms. The van der Waals surface area contributed by atoms with E-state index in [0.717, 1.165) is 40.9 Å². The van der Waals surface area contributed by atoms with Gasteiger partial charge in [0.1, 0.15) is 0 Å². The predicted octanol–water partition coefficient (Wildman–Crippen LogP) is 7.50. The molecule has 160 valence electrons. The Labute approximate surface area is 194 Å². The van der Waals surface area contributed by atoms with Crippen molar-refractivity contribution in [2.75, 3.05) is 9.80 Å². The number of para-hydroxylation sites is 2. The van der Waals surface area contributed by atoms with E-state index in [1.165, 1.54) is 0 Å². The van der Waals surface area contributed by atoms with E-state index in [1.807, 2.05) is 87.5 Å². The predicted molar refractivity (Wildman–Crippen MR) is 136 cm³/mol. The highest BCUT2D eigenvalue weighted by Crippen LogP contribution is 2.38. The van der Waals surface area contributed by atoms with Crippen LogP contribution in [0, 0.1) is 6.92 Å². The highest BCUT2D eigenvalue weighted by Gasteiger charge is 2.23. The van der Waals surface area contributed by atoms with Crippen molar-refractivity contribution >= 4 is 58.5 Å². The molecule has 0 aliphatic carbocycles. The van der Waals surface area contributed by atoms with Crippen LogP contribution in [0.2, 0.25) is 0 Å². The lowest BCUT2D eigenvalue weighted by atomic mass is 10.1. The number of nitrogens with zero attached hydrogens (tertiary/aromatic N) is 2. The molecule has 0 fully saturated rings. The topological polar surface area (TPSA) is 40.6 Å². The summed E-state index contributed by atoms with van der Waals surface area (Å²) >= 11 is 8.32. The van der Waals surface area contributed by atoms with E-state index in [4.69, 9.17) is 0 Å². The van der Waals surface area contributed by atoms with Crippen molar-refractivity contribution in [1.82, 2.24) is 0 Å². The molecule has 0 radical (unpaired) electrons. The fraction of sp³-hybridized carbons (Fsp3) is 0.200. The van der Waals surface area contributed by atoms with Crippen LogP contribution in [-0.2, 0) is 12.8 Å². The number of carbonyl (C=O) groups excluding carboxylic acids is 2. The molecular formula is C25H26N2O2S2. The number of aryl methyl sites for hydroxylation is 3. The van der Waals surface area contributed by atoms with Crippen LogP contribution < -0.4 is 9.80 Å². The molecule has 0 saturated carbocycles. The zero-order valence-electron chi connectivity index (χ0n) is 17.9. The molecule has 0 aromatic heterocycles. The van der Waals surface area contributed by atoms with Gasteiger partial charge in [-0.3, -0.25) is 19.4 Å². The van der Waals surface area contributed by atoms with Gasteiger partial charge in [0.2, 0.25) is 0 Å². The van der Waals surface area contributed by atoms with Gasteiger partial charge in [0, 0.05) is 0 Å². The Morgan fingerprint density at radius 1 is 0.710 bits per heavy atom. The molecule has 0 bridgehead atoms. The molecule has 31 heavy (non-hydrogen) atoms. The Bertz CT molecular complexity index is 1110. The first-order chi connectivity index (χ1) is 14.9. The Kier molecular flexibility index (Phi) is 7.46. The highest BCUT2D eigenvalue weighted by atomic mass is 32.1. The normalized spacial score (nSPS) is 10.6. The fourth-order valence-corrected chi connectivity index (χ4v) is 4.16. The summed E-state index contributed by atoms with van der Waals surface area (Å²) < 4.78 is 0. The van der Waals surface area contributed by atoms with Gasteiger partial charge >= 0.3 is 0 Å². The SMILES string of the molecule is CCc1ccccc1N(C(=O)S)c1ccc(C)c(N(C(=O)S)c2ccccc2CC)c1. The number of hydrogen-bond acceptors (Lipinski definition) is 2. The first-order valence-electron chi connectivity index (χ1n) is 10.2. The van der Waals surface area contributed by atoms with Crippen LogP contribution in [0.1, 0.15) is 30.5 Å². The maximum Gasteiger partial charge on any atom is 0.287 e. The quantitative estimate of drug-likeness (QED) is 0.382. The van der Waals surface area contributed by atoms with E-state index in [1.54, 1.807) is 9.80 Å². The summed E-state index contributed by atoms with van der Waals surface area (Å²) in [6, 6.07) is 21.1. The third kappa shape index (κ3) is 4.81. The number of hydrogen-bond donors (Lipinski definition) is 2. The van der Waals surface area contributed by atoms with Gasteiger partial charge in [-0.25, -0.2) is 0 Å². The molecule has 0 aliphatic rings. The molecule has 4 nitrogen and oxygen atoms in total. The van der Waals surface area contributed by atoms with Crippen molar-refractivity contribution in [2.24, 2.45) is 0 Å². The number of rotatable bonds is 6. The van der Waals surface area contributed by atoms with Crippen LogP contribution in [0.5, 0.6) is 0 Å². The van der Waals surface area contributed by atoms with Gasteiger partial charge in [0.15, 0.2) is 0 Å². The fourth-order valence-electron chi connectivity index (χ4n) is 3.72. The summed E-state index contributed by atoms with van der Waals surface area (Å²) in [6.45, 7) is 6.03. The zero-order valence-corrected chi connectivity index (χ0v) is 19.7. The van der Waals surface area contributed by atoms with E-state index in [2.05, 4.69) is 25.3 Å². The largest absolute Gasteiger partial charge is 0.287 e. The van der Waals surface area contributed by atoms with Gasteiger partial charge in [0.05, 0.1) is 22.7 Å². The molecule has 3 rings (SSSR count). The lowest BCUT2D eigenvalue weighted by Gasteiger charge is -2.28. The lowest BCUT2D eigenvalue weighted by molar-refractivity contribution is 0.266. The Morgan fingerprint density at radius 2 is 1.19 bits per heavy atom. The van der Waals surface area contributed by atoms with E-state index in [9.17, 15) is 9.59 Å². The minimum absolute atomic E-state index is 0.390. The molecule has 6 heteroatoms. The number of benzene rings is 3. The van der Waals surface area contributed by atoms with Gasteiger partial charge in [-0.2, -0.15) is 0 Å². The maximum atomic E-state index is 12.6. The van der Waals surface area contributed by atoms with E-state index >= 15 is 0 Å². The molecule has 0 unspecified atom stereocenters. The van der Waals surface area contributed by atoms with E-state index in [0.29, 0.717) is 11.4 Å². The summed E-state index contributed by atoms with van der Waals surface area (Å²) in [7, 11) is 0. The van der Waals surface area contributed by atoms with Crippen LogP contribution in [0.15, 0.2) is 66.7 Å². The Morgan fingerprint density at radius 3 is 1.68 bits per heavy atom. The van der Waals surface area contributed by atoms with Crippen LogP contribution in [0.4, 0.5) is 32.3 Å². The van der Waals surface area contributed by atoms with Gasteiger partial charge in [-0.05, 0) is 60.7 Å². The van der Waals surface area contributed by atoms with Crippen LogP contribution in [0.25, 0.3) is 0 Å². The van der Waals surface area contributed by atoms with Gasteiger partial charge < -0.3 is 0 Å². The number of carbonyl (C=O) groups is 2. The van der Waals surface area contributed by atoms with Crippen molar-refractivity contribution in [1.29, 1.82) is 0 Å². The van der Waals surface area contributed by atoms with Gasteiger partial charge in [0.25, 0.3) is 10.5 Å². The van der Waals surface area contributed by atoms with Crippen molar-refractivity contribution in [3.05, 3.63) is 83.4 Å². The minimum Gasteiger partial charge on any atom is -0.272 e. The maximum absolute atomic E-state index is 12.6. The standard InChI is InChI=1S/C25H26N2O2S2/c1-4-18-10-6-8-12-21(18)26(24(28)30)20-15-14-17(3)23(16-20)27(25(29)31)22-13-9-7-11-19(22)5-2/h6-16H,4-5H2,1-3H3,(H,28,30)(H,29,31). The van der Waals surface area contributed by atoms with Gasteiger partial charge in [-0.1, -0.05) is 81.6 Å². The monoisotopic (exact) mass is 450 g/mol. The number of amides is 2. The molecule has 2 amide bonds. The van der Waals surface area contributed by atoms with Crippen LogP contribution in [0.3, 0.4) is 0 Å². The van der Waals surface area contributed by atoms with E-state index < -0.39 is 5.24 Å². The molecule has 0 atom stereocenters. The summed E-state index contributed by atoms with van der Waals surface area (Å²) in [5.41, 5.74) is 5.83. The first kappa shape index (κ1) is 23.0. The number of anilines is 4. The molecule has 3 aromatic carbocycles. The van der Waals surface area contributed by atoms with Crippen molar-refractivity contribution in [3.63, 3.8) is 0 Å². The lowest BCUT2D eigenvalue weighted by Crippen LogP contribution is -2.24. The molecule has 0 N–H and O–H groups in total. The second-order valence-electron chi connectivity index (χ2n) is 7.17. The molecule has 0 aliphatic heterocycles. The Balaban J connectivity index is 2.20. The average molecular weight is 451 g/mol. The third-order valence-electron chi connectivity index (χ3n) is 5.30. The molecule has 0 saturated heterocycles. The van der Waals surface area contributed by atoms with Crippen molar-refractivity contribution in [2.45, 2.75) is 33.6 Å². The zero-order chi connectivity index (χ0) is 22.5. The first-order valence-corrected chi connectivity index (χ1v) is 11.1. The summed E-state index contributed by atoms with van der Waals surface area (Å²) in [5.74, 6) is 0. The Hall–Kier alpha value is -2.70. The van der Waals surface area contributed by atoms with Gasteiger partial charge in [-0.15, -0.1) is 0 Å². The molecule has 3 aromatic rings. The summed E-state index contributed by atoms with van der Waals surface area (Å²) in [4.78, 5) is 28.4. The van der Waals surface area contributed by atoms with Crippen molar-refractivity contribution in [3.8, 4) is 0 Å². The second-order valence-corrected chi connectivity index (χ2v) is 7.94. The van der Waals surface area contributed by atoms with Crippen LogP contribution in [-0.4, -0.2) is 10.5 Å². The minimum atomic E-state index is -0.395. The average Bonchev–Trinajstić information content (AvgIpc) is 2.76. The number of thiol groups is 2. The smallest absolute Gasteiger partial charge is 0.272 e. The summed E-state index contributed by atoms with van der Waals surface area (Å²) in [6.07, 6.45) is 1.55. The molecular weight excluding hydrogens is 424 g/mol. The summed E-state index contributed by atoms with van der Waals surface area (Å²) in [5, 5.41) is -0.785. The third-order valence-corrected chi connectivity index (χ3v) is 5.70. The second kappa shape index (κ2) is 10.1. The van der Waals surface area contributed by atoms with E-state index in [-0.39, 0.29) is 5.24 Å². The van der Waals surface area contributed by atoms with Crippen molar-refractivity contribution < 1.29 is 9.59 Å². The molecule has 0 heterocycles. The highest BCUT2D eigenvalue weighted by molar-refractivity contribution is 7.97.